The van der Waals surface area contributed by atoms with Gasteiger partial charge in [-0.25, -0.2) is 9.50 Å². The SMILES string of the molecule is CN/C=C1/C=C(c2cc(C)c3nc(C)cn3n2)C=CN1. The monoisotopic (exact) mass is 267 g/mol. The molecule has 0 saturated heterocycles. The van der Waals surface area contributed by atoms with E-state index in [1.54, 1.807) is 0 Å². The zero-order valence-electron chi connectivity index (χ0n) is 11.8. The molecule has 2 N–H and O–H groups in total. The molecule has 2 aromatic heterocycles. The predicted octanol–water partition coefficient (Wildman–Crippen LogP) is 1.91. The molecule has 5 heteroatoms. The molecule has 0 amide bonds. The smallest absolute Gasteiger partial charge is 0.156 e. The first-order chi connectivity index (χ1) is 9.67. The highest BCUT2D eigenvalue weighted by Gasteiger charge is 2.10. The Morgan fingerprint density at radius 3 is 3.00 bits per heavy atom. The average Bonchev–Trinajstić information content (AvgIpc) is 2.80. The van der Waals surface area contributed by atoms with Gasteiger partial charge in [-0.1, -0.05) is 0 Å². The maximum Gasteiger partial charge on any atom is 0.156 e. The summed E-state index contributed by atoms with van der Waals surface area (Å²) in [6, 6.07) is 2.07. The van der Waals surface area contributed by atoms with Crippen molar-refractivity contribution in [3.63, 3.8) is 0 Å². The van der Waals surface area contributed by atoms with Crippen LogP contribution in [0, 0.1) is 13.8 Å². The summed E-state index contributed by atoms with van der Waals surface area (Å²) in [7, 11) is 1.88. The van der Waals surface area contributed by atoms with E-state index >= 15 is 0 Å². The molecule has 0 fully saturated rings. The van der Waals surface area contributed by atoms with Crippen LogP contribution in [0.5, 0.6) is 0 Å². The van der Waals surface area contributed by atoms with Crippen LogP contribution in [0.15, 0.2) is 42.5 Å². The predicted molar refractivity (Wildman–Crippen MR) is 79.9 cm³/mol. The van der Waals surface area contributed by atoms with E-state index in [0.717, 1.165) is 33.9 Å². The van der Waals surface area contributed by atoms with Crippen LogP contribution in [0.1, 0.15) is 17.0 Å². The second kappa shape index (κ2) is 4.85. The molecule has 1 aliphatic heterocycles. The second-order valence-electron chi connectivity index (χ2n) is 4.83. The maximum atomic E-state index is 4.63. The Bertz CT molecular complexity index is 749. The summed E-state index contributed by atoms with van der Waals surface area (Å²) >= 11 is 0. The molecule has 0 radical (unpaired) electrons. The van der Waals surface area contributed by atoms with Gasteiger partial charge in [0.25, 0.3) is 0 Å². The van der Waals surface area contributed by atoms with Gasteiger partial charge in [0.1, 0.15) is 0 Å². The number of nitrogens with one attached hydrogen (secondary N) is 2. The lowest BCUT2D eigenvalue weighted by Gasteiger charge is -2.12. The number of imidazole rings is 1. The number of nitrogens with zero attached hydrogens (tertiary/aromatic N) is 3. The number of hydrogen-bond donors (Lipinski definition) is 2. The largest absolute Gasteiger partial charge is 0.392 e. The first-order valence-corrected chi connectivity index (χ1v) is 6.53. The van der Waals surface area contributed by atoms with Crippen molar-refractivity contribution in [3.8, 4) is 0 Å². The standard InChI is InChI=1S/C15H17N5/c1-10-6-14(19-20-9-11(2)18-15(10)20)12-4-5-17-13(7-12)8-16-3/h4-9,16-17H,1-3H3/b13-8-. The van der Waals surface area contributed by atoms with Crippen molar-refractivity contribution in [2.75, 3.05) is 7.05 Å². The number of allylic oxidation sites excluding steroid dienone is 3. The molecule has 1 aliphatic rings. The van der Waals surface area contributed by atoms with E-state index in [2.05, 4.69) is 39.8 Å². The van der Waals surface area contributed by atoms with Crippen LogP contribution in [-0.4, -0.2) is 21.6 Å². The van der Waals surface area contributed by atoms with Crippen LogP contribution in [0.3, 0.4) is 0 Å². The zero-order valence-corrected chi connectivity index (χ0v) is 11.8. The third-order valence-electron chi connectivity index (χ3n) is 3.15. The fourth-order valence-corrected chi connectivity index (χ4v) is 2.27. The average molecular weight is 267 g/mol. The van der Waals surface area contributed by atoms with Crippen molar-refractivity contribution < 1.29 is 0 Å². The van der Waals surface area contributed by atoms with Gasteiger partial charge in [0.2, 0.25) is 0 Å². The number of aromatic nitrogens is 3. The Kier molecular flexibility index (Phi) is 3.02. The zero-order chi connectivity index (χ0) is 14.1. The molecule has 20 heavy (non-hydrogen) atoms. The lowest BCUT2D eigenvalue weighted by Crippen LogP contribution is -2.11. The van der Waals surface area contributed by atoms with Gasteiger partial charge in [0, 0.05) is 25.0 Å². The Hall–Kier alpha value is -2.56. The summed E-state index contributed by atoms with van der Waals surface area (Å²) in [5.74, 6) is 0. The van der Waals surface area contributed by atoms with E-state index in [0.29, 0.717) is 0 Å². The molecule has 102 valence electrons. The van der Waals surface area contributed by atoms with Gasteiger partial charge in [-0.2, -0.15) is 5.10 Å². The summed E-state index contributed by atoms with van der Waals surface area (Å²) in [6.07, 6.45) is 9.86. The molecule has 0 spiro atoms. The molecule has 3 heterocycles. The van der Waals surface area contributed by atoms with Gasteiger partial charge in [0.15, 0.2) is 5.65 Å². The van der Waals surface area contributed by atoms with Crippen molar-refractivity contribution in [1.82, 2.24) is 25.2 Å². The Balaban J connectivity index is 2.10. The van der Waals surface area contributed by atoms with E-state index in [4.69, 9.17) is 0 Å². The van der Waals surface area contributed by atoms with Crippen molar-refractivity contribution in [2.45, 2.75) is 13.8 Å². The summed E-state index contributed by atoms with van der Waals surface area (Å²) in [4.78, 5) is 4.47. The molecule has 0 bridgehead atoms. The number of dihydropyridines is 1. The lowest BCUT2D eigenvalue weighted by atomic mass is 10.1. The van der Waals surface area contributed by atoms with Crippen LogP contribution >= 0.6 is 0 Å². The minimum atomic E-state index is 0.913. The van der Waals surface area contributed by atoms with Gasteiger partial charge < -0.3 is 10.6 Å². The number of aryl methyl sites for hydroxylation is 2. The quantitative estimate of drug-likeness (QED) is 0.872. The molecule has 0 aliphatic carbocycles. The molecule has 0 saturated carbocycles. The molecule has 0 atom stereocenters. The van der Waals surface area contributed by atoms with Gasteiger partial charge in [0.05, 0.1) is 23.3 Å². The minimum absolute atomic E-state index is 0.913. The molecular weight excluding hydrogens is 250 g/mol. The normalized spacial score (nSPS) is 16.4. The van der Waals surface area contributed by atoms with E-state index in [-0.39, 0.29) is 0 Å². The van der Waals surface area contributed by atoms with Gasteiger partial charge >= 0.3 is 0 Å². The minimum Gasteiger partial charge on any atom is -0.392 e. The second-order valence-corrected chi connectivity index (χ2v) is 4.83. The summed E-state index contributed by atoms with van der Waals surface area (Å²) in [6.45, 7) is 4.04. The summed E-state index contributed by atoms with van der Waals surface area (Å²) < 4.78 is 1.85. The van der Waals surface area contributed by atoms with Gasteiger partial charge in [-0.05, 0) is 37.6 Å². The molecule has 3 rings (SSSR count). The molecule has 2 aromatic rings. The van der Waals surface area contributed by atoms with Gasteiger partial charge in [-0.15, -0.1) is 0 Å². The van der Waals surface area contributed by atoms with Crippen LogP contribution in [0.4, 0.5) is 0 Å². The van der Waals surface area contributed by atoms with Crippen molar-refractivity contribution >= 4 is 11.2 Å². The molecular formula is C15H17N5. The summed E-state index contributed by atoms with van der Waals surface area (Å²) in [5, 5.41) is 10.8. The number of hydrogen-bond acceptors (Lipinski definition) is 4. The topological polar surface area (TPSA) is 54.2 Å². The van der Waals surface area contributed by atoms with E-state index in [9.17, 15) is 0 Å². The van der Waals surface area contributed by atoms with E-state index in [1.165, 1.54) is 0 Å². The molecule has 0 unspecified atom stereocenters. The Labute approximate surface area is 117 Å². The van der Waals surface area contributed by atoms with E-state index < -0.39 is 0 Å². The van der Waals surface area contributed by atoms with Crippen LogP contribution < -0.4 is 10.6 Å². The first kappa shape index (κ1) is 12.5. The highest BCUT2D eigenvalue weighted by atomic mass is 15.2. The number of fused-ring (bicyclic) bond motifs is 1. The lowest BCUT2D eigenvalue weighted by molar-refractivity contribution is 0.911. The van der Waals surface area contributed by atoms with Crippen LogP contribution in [-0.2, 0) is 0 Å². The third kappa shape index (κ3) is 2.18. The van der Waals surface area contributed by atoms with Crippen molar-refractivity contribution in [1.29, 1.82) is 0 Å². The maximum absolute atomic E-state index is 4.63. The van der Waals surface area contributed by atoms with Crippen molar-refractivity contribution in [2.24, 2.45) is 0 Å². The van der Waals surface area contributed by atoms with E-state index in [1.807, 2.05) is 43.2 Å². The third-order valence-corrected chi connectivity index (χ3v) is 3.15. The summed E-state index contributed by atoms with van der Waals surface area (Å²) in [5.41, 5.74) is 6.02. The van der Waals surface area contributed by atoms with Crippen LogP contribution in [0.2, 0.25) is 0 Å². The Morgan fingerprint density at radius 1 is 1.35 bits per heavy atom. The van der Waals surface area contributed by atoms with Crippen molar-refractivity contribution in [3.05, 3.63) is 59.5 Å². The fourth-order valence-electron chi connectivity index (χ4n) is 2.27. The fraction of sp³-hybridized carbons (Fsp3) is 0.200. The highest BCUT2D eigenvalue weighted by Crippen LogP contribution is 2.20. The van der Waals surface area contributed by atoms with Crippen LogP contribution in [0.25, 0.3) is 11.2 Å². The molecule has 0 aromatic carbocycles. The number of rotatable bonds is 2. The Morgan fingerprint density at radius 2 is 2.20 bits per heavy atom. The highest BCUT2D eigenvalue weighted by molar-refractivity contribution is 5.76. The first-order valence-electron chi connectivity index (χ1n) is 6.53. The molecule has 5 nitrogen and oxygen atoms in total. The van der Waals surface area contributed by atoms with Gasteiger partial charge in [-0.3, -0.25) is 0 Å².